The van der Waals surface area contributed by atoms with Crippen molar-refractivity contribution in [2.75, 3.05) is 16.8 Å². The second kappa shape index (κ2) is 5.44. The molecule has 2 aromatic rings. The van der Waals surface area contributed by atoms with Crippen LogP contribution in [-0.2, 0) is 0 Å². The summed E-state index contributed by atoms with van der Waals surface area (Å²) in [5, 5.41) is 2.70. The zero-order chi connectivity index (χ0) is 14.7. The highest BCUT2D eigenvalue weighted by molar-refractivity contribution is 6.08. The fourth-order valence-electron chi connectivity index (χ4n) is 1.80. The summed E-state index contributed by atoms with van der Waals surface area (Å²) in [7, 11) is 0. The van der Waals surface area contributed by atoms with Crippen molar-refractivity contribution in [3.05, 3.63) is 53.6 Å². The lowest BCUT2D eigenvalue weighted by Gasteiger charge is -2.09. The van der Waals surface area contributed by atoms with Crippen LogP contribution in [0.2, 0.25) is 0 Å². The lowest BCUT2D eigenvalue weighted by atomic mass is 10.1. The van der Waals surface area contributed by atoms with Crippen molar-refractivity contribution in [2.45, 2.75) is 6.92 Å². The lowest BCUT2D eigenvalue weighted by molar-refractivity contribution is 0.101. The van der Waals surface area contributed by atoms with Crippen molar-refractivity contribution in [2.24, 2.45) is 0 Å². The van der Waals surface area contributed by atoms with E-state index in [-0.39, 0.29) is 11.7 Å². The Kier molecular flexibility index (Phi) is 3.70. The number of benzene rings is 2. The number of carbonyl (C=O) groups is 2. The maximum atomic E-state index is 12.1. The fraction of sp³-hybridized carbons (Fsp3) is 0.0667. The maximum Gasteiger partial charge on any atom is 0.257 e. The molecule has 0 spiro atoms. The largest absolute Gasteiger partial charge is 0.399 e. The van der Waals surface area contributed by atoms with Gasteiger partial charge in [0.15, 0.2) is 5.78 Å². The number of hydrogen-bond donors (Lipinski definition) is 3. The zero-order valence-corrected chi connectivity index (χ0v) is 11.0. The van der Waals surface area contributed by atoms with E-state index < -0.39 is 0 Å². The number of carbonyl (C=O) groups excluding carboxylic acids is 2. The first-order valence-corrected chi connectivity index (χ1v) is 6.04. The first-order valence-electron chi connectivity index (χ1n) is 6.04. The minimum Gasteiger partial charge on any atom is -0.399 e. The van der Waals surface area contributed by atoms with E-state index in [1.165, 1.54) is 13.0 Å². The number of hydrogen-bond acceptors (Lipinski definition) is 4. The van der Waals surface area contributed by atoms with Crippen LogP contribution in [0.25, 0.3) is 0 Å². The topological polar surface area (TPSA) is 98.2 Å². The molecule has 2 rings (SSSR count). The van der Waals surface area contributed by atoms with Gasteiger partial charge in [-0.25, -0.2) is 0 Å². The number of ketones is 1. The predicted octanol–water partition coefficient (Wildman–Crippen LogP) is 2.31. The number of Topliss-reactive ketones (excluding diaryl/α,β-unsaturated/α-hetero) is 1. The number of rotatable bonds is 3. The molecule has 0 aliphatic rings. The lowest BCUT2D eigenvalue weighted by Crippen LogP contribution is -2.14. The van der Waals surface area contributed by atoms with E-state index in [2.05, 4.69) is 5.32 Å². The van der Waals surface area contributed by atoms with Crippen LogP contribution in [-0.4, -0.2) is 11.7 Å². The number of anilines is 3. The van der Waals surface area contributed by atoms with E-state index in [0.29, 0.717) is 28.2 Å². The summed E-state index contributed by atoms with van der Waals surface area (Å²) < 4.78 is 0. The Hall–Kier alpha value is -2.82. The van der Waals surface area contributed by atoms with Gasteiger partial charge in [0, 0.05) is 22.6 Å². The highest BCUT2D eigenvalue weighted by Crippen LogP contribution is 2.18. The Labute approximate surface area is 116 Å². The van der Waals surface area contributed by atoms with Crippen LogP contribution in [0.4, 0.5) is 17.1 Å². The van der Waals surface area contributed by atoms with Crippen LogP contribution in [0.15, 0.2) is 42.5 Å². The summed E-state index contributed by atoms with van der Waals surface area (Å²) in [5.74, 6) is -0.406. The summed E-state index contributed by atoms with van der Waals surface area (Å²) in [6, 6.07) is 11.4. The molecule has 0 bridgehead atoms. The van der Waals surface area contributed by atoms with Crippen LogP contribution in [0.1, 0.15) is 27.6 Å². The standard InChI is InChI=1S/C15H15N3O2/c1-9(19)10-3-2-4-12(7-10)18-15(20)13-6-5-11(16)8-14(13)17/h2-8H,16-17H2,1H3,(H,18,20). The molecule has 0 fully saturated rings. The van der Waals surface area contributed by atoms with E-state index >= 15 is 0 Å². The fourth-order valence-corrected chi connectivity index (χ4v) is 1.80. The van der Waals surface area contributed by atoms with Crippen LogP contribution in [0.3, 0.4) is 0 Å². The summed E-state index contributed by atoms with van der Waals surface area (Å²) in [5.41, 5.74) is 13.6. The van der Waals surface area contributed by atoms with Gasteiger partial charge in [-0.05, 0) is 37.3 Å². The highest BCUT2D eigenvalue weighted by atomic mass is 16.1. The molecular formula is C15H15N3O2. The molecule has 20 heavy (non-hydrogen) atoms. The second-order valence-corrected chi connectivity index (χ2v) is 4.44. The zero-order valence-electron chi connectivity index (χ0n) is 11.0. The molecule has 5 nitrogen and oxygen atoms in total. The Balaban J connectivity index is 2.23. The van der Waals surface area contributed by atoms with Gasteiger partial charge in [0.05, 0.1) is 5.56 Å². The van der Waals surface area contributed by atoms with Crippen molar-refractivity contribution in [1.29, 1.82) is 0 Å². The van der Waals surface area contributed by atoms with Crippen LogP contribution < -0.4 is 16.8 Å². The Morgan fingerprint density at radius 3 is 2.45 bits per heavy atom. The normalized spacial score (nSPS) is 10.1. The highest BCUT2D eigenvalue weighted by Gasteiger charge is 2.10. The summed E-state index contributed by atoms with van der Waals surface area (Å²) >= 11 is 0. The number of nitrogens with one attached hydrogen (secondary N) is 1. The molecule has 0 saturated carbocycles. The number of nitrogens with two attached hydrogens (primary N) is 2. The SMILES string of the molecule is CC(=O)c1cccc(NC(=O)c2ccc(N)cc2N)c1. The van der Waals surface area contributed by atoms with Crippen molar-refractivity contribution in [3.8, 4) is 0 Å². The van der Waals surface area contributed by atoms with Crippen molar-refractivity contribution in [3.63, 3.8) is 0 Å². The minimum absolute atomic E-state index is 0.0619. The van der Waals surface area contributed by atoms with Crippen molar-refractivity contribution < 1.29 is 9.59 Å². The van der Waals surface area contributed by atoms with E-state index in [1.54, 1.807) is 36.4 Å². The Morgan fingerprint density at radius 1 is 1.05 bits per heavy atom. The molecule has 0 aliphatic heterocycles. The first-order chi connectivity index (χ1) is 9.47. The molecule has 0 heterocycles. The maximum absolute atomic E-state index is 12.1. The van der Waals surface area contributed by atoms with Gasteiger partial charge in [-0.1, -0.05) is 12.1 Å². The third-order valence-corrected chi connectivity index (χ3v) is 2.85. The molecule has 0 aliphatic carbocycles. The van der Waals surface area contributed by atoms with Crippen LogP contribution in [0.5, 0.6) is 0 Å². The van der Waals surface area contributed by atoms with Gasteiger partial charge in [-0.3, -0.25) is 9.59 Å². The van der Waals surface area contributed by atoms with E-state index in [4.69, 9.17) is 11.5 Å². The average Bonchev–Trinajstić information content (AvgIpc) is 2.38. The van der Waals surface area contributed by atoms with Gasteiger partial charge >= 0.3 is 0 Å². The van der Waals surface area contributed by atoms with E-state index in [9.17, 15) is 9.59 Å². The summed E-state index contributed by atoms with van der Waals surface area (Å²) in [6.45, 7) is 1.47. The molecule has 2 aromatic carbocycles. The molecule has 1 amide bonds. The smallest absolute Gasteiger partial charge is 0.257 e. The quantitative estimate of drug-likeness (QED) is 0.588. The van der Waals surface area contributed by atoms with Crippen LogP contribution in [0, 0.1) is 0 Å². The van der Waals surface area contributed by atoms with Gasteiger partial charge in [-0.15, -0.1) is 0 Å². The molecule has 0 saturated heterocycles. The summed E-state index contributed by atoms with van der Waals surface area (Å²) in [6.07, 6.45) is 0. The molecule has 5 heteroatoms. The van der Waals surface area contributed by atoms with Gasteiger partial charge in [0.25, 0.3) is 5.91 Å². The molecule has 102 valence electrons. The molecule has 5 N–H and O–H groups in total. The van der Waals surface area contributed by atoms with Gasteiger partial charge in [-0.2, -0.15) is 0 Å². The molecule has 0 radical (unpaired) electrons. The van der Waals surface area contributed by atoms with E-state index in [1.807, 2.05) is 0 Å². The van der Waals surface area contributed by atoms with Crippen molar-refractivity contribution >= 4 is 28.8 Å². The molecule has 0 aromatic heterocycles. The third kappa shape index (κ3) is 2.95. The van der Waals surface area contributed by atoms with Gasteiger partial charge in [0.2, 0.25) is 0 Å². The molecule has 0 atom stereocenters. The molecular weight excluding hydrogens is 254 g/mol. The number of amides is 1. The first kappa shape index (κ1) is 13.6. The number of nitrogen functional groups attached to an aromatic ring is 2. The van der Waals surface area contributed by atoms with Crippen molar-refractivity contribution in [1.82, 2.24) is 0 Å². The second-order valence-electron chi connectivity index (χ2n) is 4.44. The average molecular weight is 269 g/mol. The van der Waals surface area contributed by atoms with E-state index in [0.717, 1.165) is 0 Å². The molecule has 0 unspecified atom stereocenters. The summed E-state index contributed by atoms with van der Waals surface area (Å²) in [4.78, 5) is 23.4. The van der Waals surface area contributed by atoms with Gasteiger partial charge < -0.3 is 16.8 Å². The minimum atomic E-state index is -0.344. The Bertz CT molecular complexity index is 681. The predicted molar refractivity (Wildman–Crippen MR) is 79.7 cm³/mol. The van der Waals surface area contributed by atoms with Gasteiger partial charge in [0.1, 0.15) is 0 Å². The monoisotopic (exact) mass is 269 g/mol. The Morgan fingerprint density at radius 2 is 1.80 bits per heavy atom. The van der Waals surface area contributed by atoms with Crippen LogP contribution >= 0.6 is 0 Å². The third-order valence-electron chi connectivity index (χ3n) is 2.85.